The number of amides is 3. The predicted octanol–water partition coefficient (Wildman–Crippen LogP) is 1.93. The first-order valence-corrected chi connectivity index (χ1v) is 8.92. The van der Waals surface area contributed by atoms with Crippen molar-refractivity contribution >= 4 is 35.2 Å². The van der Waals surface area contributed by atoms with Gasteiger partial charge in [-0.1, -0.05) is 17.7 Å². The van der Waals surface area contributed by atoms with Crippen molar-refractivity contribution in [1.29, 1.82) is 0 Å². The maximum absolute atomic E-state index is 13.3. The van der Waals surface area contributed by atoms with Gasteiger partial charge in [-0.3, -0.25) is 9.59 Å². The zero-order valence-electron chi connectivity index (χ0n) is 15.0. The average molecular weight is 422 g/mol. The summed E-state index contributed by atoms with van der Waals surface area (Å²) in [6.07, 6.45) is -1.24. The minimum absolute atomic E-state index is 0.0599. The summed E-state index contributed by atoms with van der Waals surface area (Å²) in [4.78, 5) is 37.1. The molecule has 29 heavy (non-hydrogen) atoms. The van der Waals surface area contributed by atoms with Crippen molar-refractivity contribution in [2.45, 2.75) is 18.8 Å². The van der Waals surface area contributed by atoms with Gasteiger partial charge >= 0.3 is 6.09 Å². The second kappa shape index (κ2) is 8.06. The number of carbonyl (C=O) groups is 3. The highest BCUT2D eigenvalue weighted by Crippen LogP contribution is 2.30. The molecule has 0 radical (unpaired) electrons. The number of hydrogen-bond acceptors (Lipinski definition) is 5. The molecule has 1 heterocycles. The average Bonchev–Trinajstić information content (AvgIpc) is 2.94. The van der Waals surface area contributed by atoms with Crippen molar-refractivity contribution in [2.75, 3.05) is 11.4 Å². The lowest BCUT2D eigenvalue weighted by molar-refractivity contribution is -0.175. The summed E-state index contributed by atoms with van der Waals surface area (Å²) in [5.41, 5.74) is 6.14. The molecule has 1 atom stereocenters. The van der Waals surface area contributed by atoms with Crippen LogP contribution in [0.5, 0.6) is 0 Å². The third kappa shape index (κ3) is 4.64. The van der Waals surface area contributed by atoms with Crippen LogP contribution in [0.25, 0.3) is 0 Å². The van der Waals surface area contributed by atoms with Crippen LogP contribution >= 0.6 is 11.6 Å². The zero-order chi connectivity index (χ0) is 21.2. The summed E-state index contributed by atoms with van der Waals surface area (Å²) in [6.45, 7) is -0.0602. The summed E-state index contributed by atoms with van der Waals surface area (Å²) in [5.74, 6) is -4.46. The lowest BCUT2D eigenvalue weighted by Crippen LogP contribution is -2.46. The molecule has 2 aromatic carbocycles. The Bertz CT molecular complexity index is 966. The molecule has 3 amide bonds. The molecule has 0 aliphatic carbocycles. The lowest BCUT2D eigenvalue weighted by Gasteiger charge is -2.22. The van der Waals surface area contributed by atoms with E-state index in [4.69, 9.17) is 22.1 Å². The quantitative estimate of drug-likeness (QED) is 0.637. The van der Waals surface area contributed by atoms with Gasteiger partial charge in [0, 0.05) is 35.8 Å². The topological polar surface area (TPSA) is 122 Å². The van der Waals surface area contributed by atoms with Gasteiger partial charge in [0.2, 0.25) is 5.91 Å². The number of nitrogens with one attached hydrogen (secondary N) is 1. The largest absolute Gasteiger partial charge is 0.410 e. The Hall–Kier alpha value is -3.17. The number of hydrogen-bond donors (Lipinski definition) is 3. The van der Waals surface area contributed by atoms with Crippen molar-refractivity contribution in [3.05, 3.63) is 64.4 Å². The fourth-order valence-corrected chi connectivity index (χ4v) is 3.17. The Kier molecular flexibility index (Phi) is 5.71. The SMILES string of the molecule is NC(=O)c1cccc(N2CC[C@](O)(OC(=O)NCc3cc(F)cc(Cl)c3)C2=O)c1. The molecule has 2 aromatic rings. The number of aliphatic hydroxyl groups is 1. The van der Waals surface area contributed by atoms with E-state index < -0.39 is 29.5 Å². The van der Waals surface area contributed by atoms with E-state index in [1.54, 1.807) is 6.07 Å². The molecule has 1 aliphatic heterocycles. The van der Waals surface area contributed by atoms with E-state index in [9.17, 15) is 23.9 Å². The number of alkyl carbamates (subject to hydrolysis) is 1. The number of ether oxygens (including phenoxy) is 1. The molecule has 152 valence electrons. The smallest absolute Gasteiger partial charge is 0.407 e. The first-order chi connectivity index (χ1) is 13.7. The number of halogens is 2. The molecule has 1 aliphatic rings. The molecular formula is C19H17ClFN3O5. The molecular weight excluding hydrogens is 405 g/mol. The Labute approximate surface area is 170 Å². The summed E-state index contributed by atoms with van der Waals surface area (Å²) in [7, 11) is 0. The third-order valence-corrected chi connectivity index (χ3v) is 4.53. The predicted molar refractivity (Wildman–Crippen MR) is 102 cm³/mol. The fraction of sp³-hybridized carbons (Fsp3) is 0.211. The van der Waals surface area contributed by atoms with E-state index >= 15 is 0 Å². The maximum Gasteiger partial charge on any atom is 0.410 e. The van der Waals surface area contributed by atoms with Gasteiger partial charge in [0.1, 0.15) is 5.82 Å². The highest BCUT2D eigenvalue weighted by Gasteiger charge is 2.49. The van der Waals surface area contributed by atoms with E-state index in [1.807, 2.05) is 0 Å². The molecule has 3 rings (SSSR count). The highest BCUT2D eigenvalue weighted by atomic mass is 35.5. The number of carbonyl (C=O) groups excluding carboxylic acids is 3. The molecule has 1 fully saturated rings. The molecule has 10 heteroatoms. The second-order valence-electron chi connectivity index (χ2n) is 6.43. The molecule has 0 bridgehead atoms. The van der Waals surface area contributed by atoms with Gasteiger partial charge in [-0.15, -0.1) is 0 Å². The number of rotatable bonds is 5. The van der Waals surface area contributed by atoms with Crippen LogP contribution in [0, 0.1) is 5.82 Å². The van der Waals surface area contributed by atoms with Crippen molar-refractivity contribution in [1.82, 2.24) is 5.32 Å². The van der Waals surface area contributed by atoms with Crippen LogP contribution in [0.2, 0.25) is 5.02 Å². The Morgan fingerprint density at radius 3 is 2.76 bits per heavy atom. The number of nitrogens with two attached hydrogens (primary N) is 1. The molecule has 0 saturated carbocycles. The fourth-order valence-electron chi connectivity index (χ4n) is 2.93. The molecule has 0 aromatic heterocycles. The normalized spacial score (nSPS) is 18.6. The highest BCUT2D eigenvalue weighted by molar-refractivity contribution is 6.30. The molecule has 0 unspecified atom stereocenters. The Balaban J connectivity index is 1.65. The number of anilines is 1. The Morgan fingerprint density at radius 1 is 1.31 bits per heavy atom. The van der Waals surface area contributed by atoms with Crippen LogP contribution in [-0.2, 0) is 16.1 Å². The van der Waals surface area contributed by atoms with E-state index in [-0.39, 0.29) is 30.1 Å². The summed E-state index contributed by atoms with van der Waals surface area (Å²) in [6, 6.07) is 9.73. The van der Waals surface area contributed by atoms with E-state index in [1.165, 1.54) is 35.2 Å². The molecule has 0 spiro atoms. The first-order valence-electron chi connectivity index (χ1n) is 8.54. The van der Waals surface area contributed by atoms with Crippen LogP contribution in [0.15, 0.2) is 42.5 Å². The van der Waals surface area contributed by atoms with Crippen LogP contribution in [-0.4, -0.2) is 35.3 Å². The minimum Gasteiger partial charge on any atom is -0.407 e. The van der Waals surface area contributed by atoms with Gasteiger partial charge in [0.25, 0.3) is 11.7 Å². The van der Waals surface area contributed by atoms with Crippen molar-refractivity contribution in [3.63, 3.8) is 0 Å². The number of primary amides is 1. The lowest BCUT2D eigenvalue weighted by atomic mass is 10.2. The van der Waals surface area contributed by atoms with Gasteiger partial charge < -0.3 is 25.8 Å². The molecule has 8 nitrogen and oxygen atoms in total. The third-order valence-electron chi connectivity index (χ3n) is 4.32. The first kappa shape index (κ1) is 20.6. The zero-order valence-corrected chi connectivity index (χ0v) is 15.8. The van der Waals surface area contributed by atoms with Gasteiger partial charge in [0.05, 0.1) is 0 Å². The van der Waals surface area contributed by atoms with E-state index in [0.29, 0.717) is 11.3 Å². The molecule has 1 saturated heterocycles. The van der Waals surface area contributed by atoms with Crippen LogP contribution in [0.4, 0.5) is 14.9 Å². The van der Waals surface area contributed by atoms with Gasteiger partial charge in [0.15, 0.2) is 0 Å². The van der Waals surface area contributed by atoms with E-state index in [2.05, 4.69) is 5.32 Å². The number of benzene rings is 2. The summed E-state index contributed by atoms with van der Waals surface area (Å²) >= 11 is 5.75. The van der Waals surface area contributed by atoms with Crippen LogP contribution in [0.1, 0.15) is 22.3 Å². The van der Waals surface area contributed by atoms with E-state index in [0.717, 1.165) is 6.07 Å². The summed E-state index contributed by atoms with van der Waals surface area (Å²) in [5, 5.41) is 13.0. The number of nitrogens with zero attached hydrogens (tertiary/aromatic N) is 1. The van der Waals surface area contributed by atoms with Gasteiger partial charge in [-0.05, 0) is 42.0 Å². The maximum atomic E-state index is 13.3. The standard InChI is InChI=1S/C19H17ClFN3O5/c20-13-6-11(7-14(21)9-13)10-23-18(27)29-19(28)4-5-24(17(19)26)15-3-1-2-12(8-15)16(22)25/h1-3,6-9,28H,4-5,10H2,(H2,22,25)(H,23,27)/t19-/m0/s1. The Morgan fingerprint density at radius 2 is 2.07 bits per heavy atom. The monoisotopic (exact) mass is 421 g/mol. The minimum atomic E-state index is -2.37. The van der Waals surface area contributed by atoms with Crippen molar-refractivity contribution < 1.29 is 28.6 Å². The van der Waals surface area contributed by atoms with Crippen molar-refractivity contribution in [3.8, 4) is 0 Å². The van der Waals surface area contributed by atoms with Gasteiger partial charge in [-0.2, -0.15) is 0 Å². The van der Waals surface area contributed by atoms with Gasteiger partial charge in [-0.25, -0.2) is 9.18 Å². The summed E-state index contributed by atoms with van der Waals surface area (Å²) < 4.78 is 18.2. The van der Waals surface area contributed by atoms with Crippen molar-refractivity contribution in [2.24, 2.45) is 5.73 Å². The second-order valence-corrected chi connectivity index (χ2v) is 6.86. The molecule has 4 N–H and O–H groups in total. The van der Waals surface area contributed by atoms with Crippen LogP contribution < -0.4 is 16.0 Å². The van der Waals surface area contributed by atoms with Crippen LogP contribution in [0.3, 0.4) is 0 Å².